The van der Waals surface area contributed by atoms with Crippen molar-refractivity contribution in [1.82, 2.24) is 20.4 Å². The summed E-state index contributed by atoms with van der Waals surface area (Å²) in [6.45, 7) is 4.66. The Labute approximate surface area is 154 Å². The molecule has 0 bridgehead atoms. The van der Waals surface area contributed by atoms with Gasteiger partial charge in [0.15, 0.2) is 0 Å². The van der Waals surface area contributed by atoms with Gasteiger partial charge in [-0.2, -0.15) is 0 Å². The highest BCUT2D eigenvalue weighted by Gasteiger charge is 2.49. The molecule has 1 aliphatic heterocycles. The molecule has 0 spiro atoms. The van der Waals surface area contributed by atoms with Crippen LogP contribution in [0.25, 0.3) is 0 Å². The molecule has 2 N–H and O–H groups in total. The molecule has 26 heavy (non-hydrogen) atoms. The Balaban J connectivity index is 1.89. The van der Waals surface area contributed by atoms with Crippen molar-refractivity contribution in [2.24, 2.45) is 0 Å². The van der Waals surface area contributed by atoms with Crippen molar-refractivity contribution in [3.8, 4) is 0 Å². The van der Waals surface area contributed by atoms with Crippen LogP contribution in [0.3, 0.4) is 0 Å². The number of urea groups is 1. The zero-order valence-corrected chi connectivity index (χ0v) is 16.0. The van der Waals surface area contributed by atoms with Crippen molar-refractivity contribution in [2.45, 2.75) is 45.3 Å². The summed E-state index contributed by atoms with van der Waals surface area (Å²) in [5.74, 6) is -0.676. The van der Waals surface area contributed by atoms with Crippen molar-refractivity contribution in [1.29, 1.82) is 0 Å². The smallest absolute Gasteiger partial charge is 0.325 e. The van der Waals surface area contributed by atoms with Gasteiger partial charge in [-0.3, -0.25) is 14.5 Å². The van der Waals surface area contributed by atoms with Crippen LogP contribution in [-0.4, -0.2) is 53.8 Å². The first kappa shape index (κ1) is 19.9. The summed E-state index contributed by atoms with van der Waals surface area (Å²) >= 11 is 0. The van der Waals surface area contributed by atoms with Crippen LogP contribution in [-0.2, 0) is 22.7 Å². The predicted octanol–water partition coefficient (Wildman–Crippen LogP) is 1.47. The minimum atomic E-state index is -0.875. The summed E-state index contributed by atoms with van der Waals surface area (Å²) in [5.41, 5.74) is 1.29. The van der Waals surface area contributed by atoms with Crippen LogP contribution < -0.4 is 10.6 Å². The van der Waals surface area contributed by atoms with Gasteiger partial charge in [-0.25, -0.2) is 4.79 Å². The average Bonchev–Trinajstić information content (AvgIpc) is 2.85. The van der Waals surface area contributed by atoms with E-state index in [-0.39, 0.29) is 18.4 Å². The number of amides is 4. The molecule has 0 unspecified atom stereocenters. The van der Waals surface area contributed by atoms with E-state index in [0.717, 1.165) is 17.0 Å². The fraction of sp³-hybridized carbons (Fsp3) is 0.526. The van der Waals surface area contributed by atoms with Gasteiger partial charge in [0.2, 0.25) is 5.91 Å². The fourth-order valence-electron chi connectivity index (χ4n) is 3.08. The van der Waals surface area contributed by atoms with Gasteiger partial charge < -0.3 is 15.5 Å². The lowest BCUT2D eigenvalue weighted by molar-refractivity contribution is -0.135. The topological polar surface area (TPSA) is 81.8 Å². The molecule has 142 valence electrons. The monoisotopic (exact) mass is 360 g/mol. The van der Waals surface area contributed by atoms with Crippen LogP contribution in [0.15, 0.2) is 24.3 Å². The first-order valence-electron chi connectivity index (χ1n) is 8.94. The Morgan fingerprint density at radius 3 is 2.19 bits per heavy atom. The zero-order valence-electron chi connectivity index (χ0n) is 16.0. The van der Waals surface area contributed by atoms with Gasteiger partial charge in [-0.1, -0.05) is 38.1 Å². The number of nitrogens with one attached hydrogen (secondary N) is 2. The lowest BCUT2D eigenvalue weighted by atomic mass is 9.93. The molecular weight excluding hydrogens is 332 g/mol. The van der Waals surface area contributed by atoms with Gasteiger partial charge in [0.05, 0.1) is 0 Å². The van der Waals surface area contributed by atoms with Crippen LogP contribution in [0.4, 0.5) is 4.79 Å². The van der Waals surface area contributed by atoms with E-state index in [1.54, 1.807) is 0 Å². The van der Waals surface area contributed by atoms with Crippen LogP contribution >= 0.6 is 0 Å². The summed E-state index contributed by atoms with van der Waals surface area (Å²) in [4.78, 5) is 39.8. The van der Waals surface area contributed by atoms with Gasteiger partial charge >= 0.3 is 6.03 Å². The maximum Gasteiger partial charge on any atom is 0.325 e. The van der Waals surface area contributed by atoms with E-state index < -0.39 is 11.6 Å². The molecular formula is C19H28N4O3. The summed E-state index contributed by atoms with van der Waals surface area (Å²) in [6, 6.07) is 7.48. The van der Waals surface area contributed by atoms with E-state index in [1.165, 1.54) is 5.56 Å². The van der Waals surface area contributed by atoms with Gasteiger partial charge in [0.1, 0.15) is 12.1 Å². The Morgan fingerprint density at radius 2 is 1.69 bits per heavy atom. The van der Waals surface area contributed by atoms with Crippen molar-refractivity contribution < 1.29 is 14.4 Å². The summed E-state index contributed by atoms with van der Waals surface area (Å²) in [5, 5.41) is 5.49. The number of benzene rings is 1. The normalized spacial score (nSPS) is 16.1. The fourth-order valence-corrected chi connectivity index (χ4v) is 3.08. The first-order valence-corrected chi connectivity index (χ1v) is 8.94. The largest absolute Gasteiger partial charge is 0.350 e. The Bertz CT molecular complexity index is 666. The van der Waals surface area contributed by atoms with Crippen molar-refractivity contribution in [2.75, 3.05) is 20.6 Å². The molecule has 0 saturated carbocycles. The quantitative estimate of drug-likeness (QED) is 0.688. The minimum Gasteiger partial charge on any atom is -0.350 e. The Hall–Kier alpha value is -2.41. The lowest BCUT2D eigenvalue weighted by Crippen LogP contribution is -2.46. The molecule has 1 aliphatic rings. The summed E-state index contributed by atoms with van der Waals surface area (Å²) < 4.78 is 0. The van der Waals surface area contributed by atoms with Gasteiger partial charge in [0.25, 0.3) is 5.91 Å². The highest BCUT2D eigenvalue weighted by molar-refractivity contribution is 6.08. The molecule has 0 aromatic heterocycles. The second kappa shape index (κ2) is 8.31. The standard InChI is InChI=1S/C19H28N4O3/c1-5-19(6-2)17(25)23(18(26)21-19)13-16(24)20-11-14-7-9-15(10-8-14)12-22(3)4/h7-10H,5-6,11-13H2,1-4H3,(H,20,24)(H,21,26). The molecule has 1 aromatic carbocycles. The number of carbonyl (C=O) groups is 3. The van der Waals surface area contributed by atoms with E-state index in [1.807, 2.05) is 52.2 Å². The molecule has 1 heterocycles. The van der Waals surface area contributed by atoms with Gasteiger partial charge in [0, 0.05) is 13.1 Å². The molecule has 1 aromatic rings. The van der Waals surface area contributed by atoms with E-state index in [0.29, 0.717) is 19.4 Å². The molecule has 1 fully saturated rings. The number of hydrogen-bond acceptors (Lipinski definition) is 4. The molecule has 0 radical (unpaired) electrons. The number of nitrogens with zero attached hydrogens (tertiary/aromatic N) is 2. The molecule has 0 atom stereocenters. The van der Waals surface area contributed by atoms with Crippen molar-refractivity contribution >= 4 is 17.8 Å². The number of hydrogen-bond donors (Lipinski definition) is 2. The molecule has 1 saturated heterocycles. The number of carbonyl (C=O) groups excluding carboxylic acids is 3. The third-order valence-corrected chi connectivity index (χ3v) is 4.77. The van der Waals surface area contributed by atoms with Crippen molar-refractivity contribution in [3.63, 3.8) is 0 Å². The third kappa shape index (κ3) is 4.40. The molecule has 7 nitrogen and oxygen atoms in total. The first-order chi connectivity index (χ1) is 12.3. The average molecular weight is 360 g/mol. The van der Waals surface area contributed by atoms with E-state index in [9.17, 15) is 14.4 Å². The van der Waals surface area contributed by atoms with Crippen molar-refractivity contribution in [3.05, 3.63) is 35.4 Å². The molecule has 0 aliphatic carbocycles. The Kier molecular flexibility index (Phi) is 6.37. The maximum absolute atomic E-state index is 12.5. The van der Waals surface area contributed by atoms with Crippen LogP contribution in [0, 0.1) is 0 Å². The highest BCUT2D eigenvalue weighted by Crippen LogP contribution is 2.24. The van der Waals surface area contributed by atoms with E-state index >= 15 is 0 Å². The van der Waals surface area contributed by atoms with Crippen LogP contribution in [0.1, 0.15) is 37.8 Å². The summed E-state index contributed by atoms with van der Waals surface area (Å²) in [6.07, 6.45) is 1.01. The molecule has 4 amide bonds. The third-order valence-electron chi connectivity index (χ3n) is 4.77. The minimum absolute atomic E-state index is 0.259. The maximum atomic E-state index is 12.5. The number of imide groups is 1. The second-order valence-electron chi connectivity index (χ2n) is 6.94. The van der Waals surface area contributed by atoms with E-state index in [4.69, 9.17) is 0 Å². The molecule has 7 heteroatoms. The van der Waals surface area contributed by atoms with Gasteiger partial charge in [-0.05, 0) is 38.1 Å². The lowest BCUT2D eigenvalue weighted by Gasteiger charge is -2.23. The number of rotatable bonds is 8. The Morgan fingerprint density at radius 1 is 1.12 bits per heavy atom. The zero-order chi connectivity index (χ0) is 19.3. The van der Waals surface area contributed by atoms with Crippen LogP contribution in [0.2, 0.25) is 0 Å². The SMILES string of the molecule is CCC1(CC)NC(=O)N(CC(=O)NCc2ccc(CN(C)C)cc2)C1=O. The summed E-state index contributed by atoms with van der Waals surface area (Å²) in [7, 11) is 4.02. The van der Waals surface area contributed by atoms with Gasteiger partial charge in [-0.15, -0.1) is 0 Å². The second-order valence-corrected chi connectivity index (χ2v) is 6.94. The highest BCUT2D eigenvalue weighted by atomic mass is 16.2. The molecule has 2 rings (SSSR count). The predicted molar refractivity (Wildman–Crippen MR) is 99.2 cm³/mol. The van der Waals surface area contributed by atoms with E-state index in [2.05, 4.69) is 15.5 Å². The van der Waals surface area contributed by atoms with Crippen LogP contribution in [0.5, 0.6) is 0 Å².